The van der Waals surface area contributed by atoms with E-state index in [0.29, 0.717) is 0 Å². The lowest BCUT2D eigenvalue weighted by Gasteiger charge is -2.32. The summed E-state index contributed by atoms with van der Waals surface area (Å²) in [5.41, 5.74) is 2.98. The second-order valence-corrected chi connectivity index (χ2v) is 7.28. The number of urea groups is 1. The van der Waals surface area contributed by atoms with Crippen LogP contribution in [0, 0.1) is 0 Å². The molecule has 130 valence electrons. The van der Waals surface area contributed by atoms with Crippen LogP contribution in [0.3, 0.4) is 0 Å². The molecule has 0 saturated carbocycles. The number of hydrogen-bond acceptors (Lipinski definition) is 2. The molecule has 4 rings (SSSR count). The van der Waals surface area contributed by atoms with Crippen LogP contribution in [0.15, 0.2) is 88.7 Å². The quantitative estimate of drug-likeness (QED) is 0.607. The molecule has 2 amide bonds. The van der Waals surface area contributed by atoms with Crippen molar-refractivity contribution in [2.45, 2.75) is 29.2 Å². The van der Waals surface area contributed by atoms with E-state index in [1.165, 1.54) is 0 Å². The molecule has 1 N–H and O–H groups in total. The second-order valence-electron chi connectivity index (χ2n) is 6.19. The molecule has 26 heavy (non-hydrogen) atoms. The molecule has 0 spiro atoms. The summed E-state index contributed by atoms with van der Waals surface area (Å²) in [6.45, 7) is 2.09. The molecule has 4 heteroatoms. The van der Waals surface area contributed by atoms with Crippen LogP contribution < -0.4 is 10.2 Å². The molecule has 3 nitrogen and oxygen atoms in total. The van der Waals surface area contributed by atoms with Crippen LogP contribution in [0.1, 0.15) is 24.9 Å². The van der Waals surface area contributed by atoms with Gasteiger partial charge >= 0.3 is 6.03 Å². The Balaban J connectivity index is 1.69. The second kappa shape index (κ2) is 7.26. The van der Waals surface area contributed by atoms with Crippen molar-refractivity contribution in [3.8, 4) is 0 Å². The van der Waals surface area contributed by atoms with Gasteiger partial charge in [-0.3, -0.25) is 4.90 Å². The van der Waals surface area contributed by atoms with E-state index in [-0.39, 0.29) is 12.1 Å². The summed E-state index contributed by atoms with van der Waals surface area (Å²) in [4.78, 5) is 17.3. The van der Waals surface area contributed by atoms with Crippen LogP contribution in [-0.4, -0.2) is 6.03 Å². The fourth-order valence-electron chi connectivity index (χ4n) is 3.24. The number of rotatable bonds is 3. The number of amides is 2. The molecule has 0 unspecified atom stereocenters. The minimum absolute atomic E-state index is 0.0161. The molecule has 3 aromatic rings. The average molecular weight is 360 g/mol. The van der Waals surface area contributed by atoms with Crippen LogP contribution in [0.25, 0.3) is 0 Å². The summed E-state index contributed by atoms with van der Waals surface area (Å²) < 4.78 is 0. The molecule has 0 fully saturated rings. The first-order valence-corrected chi connectivity index (χ1v) is 9.61. The zero-order chi connectivity index (χ0) is 17.9. The van der Waals surface area contributed by atoms with E-state index in [0.717, 1.165) is 33.2 Å². The lowest BCUT2D eigenvalue weighted by Crippen LogP contribution is -2.40. The van der Waals surface area contributed by atoms with E-state index >= 15 is 0 Å². The van der Waals surface area contributed by atoms with Gasteiger partial charge in [-0.25, -0.2) is 4.79 Å². The van der Waals surface area contributed by atoms with Gasteiger partial charge in [-0.05, 0) is 36.2 Å². The highest BCUT2D eigenvalue weighted by molar-refractivity contribution is 7.99. The van der Waals surface area contributed by atoms with Gasteiger partial charge in [0.05, 0.1) is 17.4 Å². The van der Waals surface area contributed by atoms with Crippen LogP contribution in [-0.2, 0) is 0 Å². The summed E-state index contributed by atoms with van der Waals surface area (Å²) in [6.07, 6.45) is 0.835. The normalized spacial score (nSPS) is 13.5. The third kappa shape index (κ3) is 3.08. The first kappa shape index (κ1) is 16.7. The van der Waals surface area contributed by atoms with Crippen LogP contribution in [0.4, 0.5) is 16.2 Å². The zero-order valence-corrected chi connectivity index (χ0v) is 15.4. The molecule has 3 aromatic carbocycles. The number of carbonyl (C=O) groups excluding carboxylic acids is 1. The van der Waals surface area contributed by atoms with Crippen LogP contribution in [0.5, 0.6) is 0 Å². The van der Waals surface area contributed by atoms with Gasteiger partial charge in [0, 0.05) is 9.79 Å². The summed E-state index contributed by atoms with van der Waals surface area (Å²) in [7, 11) is 0. The number of nitrogens with zero attached hydrogens (tertiary/aromatic N) is 1. The van der Waals surface area contributed by atoms with Crippen molar-refractivity contribution in [1.29, 1.82) is 0 Å². The lowest BCUT2D eigenvalue weighted by atomic mass is 10.1. The first-order valence-electron chi connectivity index (χ1n) is 8.79. The van der Waals surface area contributed by atoms with Gasteiger partial charge in [0.15, 0.2) is 0 Å². The Hall–Kier alpha value is -2.72. The smallest absolute Gasteiger partial charge is 0.327 e. The maximum Gasteiger partial charge on any atom is 0.327 e. The molecular formula is C22H20N2OS. The summed E-state index contributed by atoms with van der Waals surface area (Å²) in [5.74, 6) is 0. The number of anilines is 2. The minimum atomic E-state index is -0.0964. The van der Waals surface area contributed by atoms with Crippen molar-refractivity contribution in [2.75, 3.05) is 4.90 Å². The monoisotopic (exact) mass is 360 g/mol. The maximum atomic E-state index is 13.3. The Kier molecular flexibility index (Phi) is 4.67. The largest absolute Gasteiger partial charge is 0.331 e. The fraction of sp³-hybridized carbons (Fsp3) is 0.136. The number of para-hydroxylation sites is 2. The Morgan fingerprint density at radius 2 is 1.42 bits per heavy atom. The topological polar surface area (TPSA) is 32.3 Å². The predicted octanol–water partition coefficient (Wildman–Crippen LogP) is 6.15. The van der Waals surface area contributed by atoms with Crippen molar-refractivity contribution in [2.24, 2.45) is 0 Å². The minimum Gasteiger partial charge on any atom is -0.331 e. The summed E-state index contributed by atoms with van der Waals surface area (Å²) in [5, 5.41) is 3.21. The molecule has 0 saturated heterocycles. The van der Waals surface area contributed by atoms with E-state index in [9.17, 15) is 4.79 Å². The molecular weight excluding hydrogens is 340 g/mol. The first-order chi connectivity index (χ1) is 12.8. The molecule has 1 heterocycles. The predicted molar refractivity (Wildman–Crippen MR) is 107 cm³/mol. The molecule has 1 aliphatic rings. The highest BCUT2D eigenvalue weighted by Crippen LogP contribution is 2.47. The molecule has 0 bridgehead atoms. The van der Waals surface area contributed by atoms with Gasteiger partial charge in [0.1, 0.15) is 0 Å². The van der Waals surface area contributed by atoms with Gasteiger partial charge in [-0.15, -0.1) is 0 Å². The molecule has 0 aliphatic carbocycles. The molecule has 0 aromatic heterocycles. The molecule has 1 atom stereocenters. The third-order valence-corrected chi connectivity index (χ3v) is 5.67. The highest BCUT2D eigenvalue weighted by atomic mass is 32.2. The van der Waals surface area contributed by atoms with Crippen LogP contribution in [0.2, 0.25) is 0 Å². The van der Waals surface area contributed by atoms with Gasteiger partial charge < -0.3 is 5.32 Å². The number of hydrogen-bond donors (Lipinski definition) is 1. The average Bonchev–Trinajstić information content (AvgIpc) is 2.70. The third-order valence-electron chi connectivity index (χ3n) is 4.54. The van der Waals surface area contributed by atoms with E-state index in [1.807, 2.05) is 54.6 Å². The molecule has 1 aliphatic heterocycles. The van der Waals surface area contributed by atoms with Gasteiger partial charge in [0.25, 0.3) is 0 Å². The van der Waals surface area contributed by atoms with E-state index < -0.39 is 0 Å². The Labute approximate surface area is 158 Å². The van der Waals surface area contributed by atoms with E-state index in [1.54, 1.807) is 16.7 Å². The number of fused-ring (bicyclic) bond motifs is 2. The lowest BCUT2D eigenvalue weighted by molar-refractivity contribution is 0.244. The van der Waals surface area contributed by atoms with Crippen LogP contribution >= 0.6 is 11.8 Å². The Morgan fingerprint density at radius 3 is 2.00 bits per heavy atom. The Bertz CT molecular complexity index is 881. The standard InChI is InChI=1S/C22H20N2OS/c1-2-17(16-10-4-3-5-11-16)23-22(25)24-18-12-6-8-14-20(18)26-21-15-9-7-13-19(21)24/h3-15,17H,2H2,1H3,(H,23,25)/t17-/m0/s1. The van der Waals surface area contributed by atoms with Crippen molar-refractivity contribution in [1.82, 2.24) is 5.32 Å². The molecule has 0 radical (unpaired) electrons. The zero-order valence-electron chi connectivity index (χ0n) is 14.6. The van der Waals surface area contributed by atoms with E-state index in [2.05, 4.69) is 36.5 Å². The van der Waals surface area contributed by atoms with E-state index in [4.69, 9.17) is 0 Å². The SMILES string of the molecule is CC[C@H](NC(=O)N1c2ccccc2Sc2ccccc21)c1ccccc1. The van der Waals surface area contributed by atoms with Gasteiger partial charge in [0.2, 0.25) is 0 Å². The van der Waals surface area contributed by atoms with Crippen molar-refractivity contribution >= 4 is 29.2 Å². The fourth-order valence-corrected chi connectivity index (χ4v) is 4.30. The number of nitrogens with one attached hydrogen (secondary N) is 1. The Morgan fingerprint density at radius 1 is 0.885 bits per heavy atom. The van der Waals surface area contributed by atoms with Crippen molar-refractivity contribution in [3.63, 3.8) is 0 Å². The van der Waals surface area contributed by atoms with Gasteiger partial charge in [-0.2, -0.15) is 0 Å². The highest BCUT2D eigenvalue weighted by Gasteiger charge is 2.29. The maximum absolute atomic E-state index is 13.3. The number of benzene rings is 3. The van der Waals surface area contributed by atoms with Crippen molar-refractivity contribution < 1.29 is 4.79 Å². The summed E-state index contributed by atoms with van der Waals surface area (Å²) >= 11 is 1.70. The number of carbonyl (C=O) groups is 1. The van der Waals surface area contributed by atoms with Gasteiger partial charge in [-0.1, -0.05) is 73.3 Å². The van der Waals surface area contributed by atoms with Crippen molar-refractivity contribution in [3.05, 3.63) is 84.4 Å². The summed E-state index contributed by atoms with van der Waals surface area (Å²) in [6, 6.07) is 26.1.